The summed E-state index contributed by atoms with van der Waals surface area (Å²) in [7, 11) is 5.82. The minimum Gasteiger partial charge on any atom is -0.507 e. The molecule has 3 aromatic rings. The van der Waals surface area contributed by atoms with Gasteiger partial charge in [-0.1, -0.05) is 6.07 Å². The third-order valence-electron chi connectivity index (χ3n) is 5.59. The fourth-order valence-corrected chi connectivity index (χ4v) is 4.09. The first-order chi connectivity index (χ1) is 14.4. The number of aromatic nitrogens is 2. The molecular weight excluding hydrogens is 380 g/mol. The number of rotatable bonds is 7. The molecule has 0 bridgehead atoms. The molecule has 0 unspecified atom stereocenters. The van der Waals surface area contributed by atoms with Crippen molar-refractivity contribution in [1.82, 2.24) is 20.2 Å². The molecule has 30 heavy (non-hydrogen) atoms. The van der Waals surface area contributed by atoms with E-state index in [1.54, 1.807) is 12.1 Å². The van der Waals surface area contributed by atoms with Crippen LogP contribution in [0.4, 0.5) is 0 Å². The molecule has 0 radical (unpaired) electrons. The highest BCUT2D eigenvalue weighted by molar-refractivity contribution is 6.51. The third-order valence-corrected chi connectivity index (χ3v) is 5.59. The van der Waals surface area contributed by atoms with Crippen LogP contribution in [-0.4, -0.2) is 65.8 Å². The van der Waals surface area contributed by atoms with Gasteiger partial charge in [-0.3, -0.25) is 9.59 Å². The van der Waals surface area contributed by atoms with E-state index in [0.29, 0.717) is 36.2 Å². The van der Waals surface area contributed by atoms with Gasteiger partial charge >= 0.3 is 0 Å². The Bertz CT molecular complexity index is 1170. The first kappa shape index (κ1) is 20.1. The summed E-state index contributed by atoms with van der Waals surface area (Å²) < 4.78 is 0. The largest absolute Gasteiger partial charge is 0.507 e. The second-order valence-corrected chi connectivity index (χ2v) is 7.90. The molecule has 0 aliphatic heterocycles. The molecule has 2 heterocycles. The van der Waals surface area contributed by atoms with Crippen molar-refractivity contribution in [1.29, 1.82) is 0 Å². The molecule has 156 valence electrons. The van der Waals surface area contributed by atoms with E-state index in [1.807, 2.05) is 38.3 Å². The third kappa shape index (κ3) is 3.36. The number of fused-ring (bicyclic) bond motifs is 2. The number of aromatic hydroxyl groups is 1. The second kappa shape index (κ2) is 7.93. The molecule has 1 aliphatic carbocycles. The molecule has 2 aromatic heterocycles. The normalized spacial score (nSPS) is 13.9. The summed E-state index contributed by atoms with van der Waals surface area (Å²) in [6.07, 6.45) is 4.56. The van der Waals surface area contributed by atoms with Gasteiger partial charge in [0.05, 0.1) is 17.0 Å². The first-order valence-corrected chi connectivity index (χ1v) is 10.1. The predicted molar refractivity (Wildman–Crippen MR) is 117 cm³/mol. The number of Topliss-reactive ketones (excluding diaryl/α,β-unsaturated/α-hetero) is 1. The minimum atomic E-state index is -0.523. The number of hydrogen-bond donors (Lipinski definition) is 4. The summed E-state index contributed by atoms with van der Waals surface area (Å²) in [5, 5.41) is 14.4. The van der Waals surface area contributed by atoms with Gasteiger partial charge in [0.1, 0.15) is 5.75 Å². The van der Waals surface area contributed by atoms with Crippen molar-refractivity contribution < 1.29 is 14.7 Å². The van der Waals surface area contributed by atoms with Gasteiger partial charge in [-0.25, -0.2) is 0 Å². The number of ketones is 2. The fourth-order valence-electron chi connectivity index (χ4n) is 4.09. The van der Waals surface area contributed by atoms with Crippen LogP contribution in [0.3, 0.4) is 0 Å². The summed E-state index contributed by atoms with van der Waals surface area (Å²) in [6, 6.07) is 5.34. The number of benzene rings is 1. The van der Waals surface area contributed by atoms with Gasteiger partial charge in [-0.05, 0) is 63.8 Å². The van der Waals surface area contributed by atoms with Crippen LogP contribution < -0.4 is 5.32 Å². The lowest BCUT2D eigenvalue weighted by Crippen LogP contribution is -2.22. The van der Waals surface area contributed by atoms with Gasteiger partial charge < -0.3 is 25.3 Å². The van der Waals surface area contributed by atoms with Crippen molar-refractivity contribution in [2.45, 2.75) is 12.8 Å². The Hall–Kier alpha value is -3.16. The number of H-pyrrole nitrogens is 2. The van der Waals surface area contributed by atoms with Crippen LogP contribution in [0.25, 0.3) is 16.5 Å². The lowest BCUT2D eigenvalue weighted by atomic mass is 9.88. The molecule has 4 rings (SSSR count). The van der Waals surface area contributed by atoms with Crippen LogP contribution in [-0.2, 0) is 17.6 Å². The molecule has 0 amide bonds. The van der Waals surface area contributed by atoms with Crippen molar-refractivity contribution in [3.05, 3.63) is 58.6 Å². The van der Waals surface area contributed by atoms with Crippen LogP contribution in [0.2, 0.25) is 0 Å². The molecule has 0 saturated heterocycles. The Morgan fingerprint density at radius 3 is 2.67 bits per heavy atom. The van der Waals surface area contributed by atoms with E-state index in [2.05, 4.69) is 15.3 Å². The molecule has 7 heteroatoms. The van der Waals surface area contributed by atoms with Crippen molar-refractivity contribution in [3.8, 4) is 5.75 Å². The quantitative estimate of drug-likeness (QED) is 0.451. The van der Waals surface area contributed by atoms with Gasteiger partial charge in [-0.2, -0.15) is 0 Å². The lowest BCUT2D eigenvalue weighted by Gasteiger charge is -2.16. The maximum atomic E-state index is 12.7. The van der Waals surface area contributed by atoms with E-state index < -0.39 is 11.6 Å². The van der Waals surface area contributed by atoms with Crippen molar-refractivity contribution in [3.63, 3.8) is 0 Å². The van der Waals surface area contributed by atoms with E-state index in [4.69, 9.17) is 0 Å². The van der Waals surface area contributed by atoms with Crippen LogP contribution in [0.15, 0.2) is 30.5 Å². The van der Waals surface area contributed by atoms with E-state index >= 15 is 0 Å². The Kier molecular flexibility index (Phi) is 5.32. The van der Waals surface area contributed by atoms with Gasteiger partial charge in [0, 0.05) is 35.3 Å². The van der Waals surface area contributed by atoms with Gasteiger partial charge in [0.25, 0.3) is 0 Å². The number of phenols is 1. The summed E-state index contributed by atoms with van der Waals surface area (Å²) in [4.78, 5) is 34.0. The van der Waals surface area contributed by atoms with E-state index in [-0.39, 0.29) is 5.75 Å². The number of allylic oxidation sites excluding steroid dienone is 1. The van der Waals surface area contributed by atoms with E-state index in [0.717, 1.165) is 34.3 Å². The number of carbonyl (C=O) groups is 2. The lowest BCUT2D eigenvalue weighted by molar-refractivity contribution is -0.111. The maximum Gasteiger partial charge on any atom is 0.235 e. The smallest absolute Gasteiger partial charge is 0.235 e. The summed E-state index contributed by atoms with van der Waals surface area (Å²) >= 11 is 0. The zero-order chi connectivity index (χ0) is 21.4. The molecule has 0 atom stereocenters. The standard InChI is InChI=1S/C23H26N4O3/c1-24-9-7-14-20-16(5-4-6-17(20)28)26-21(14)15-11-18(29)23(30)19-13(8-10-27(2)3)12-25-22(15)19/h4-6,11-12,24-26,28H,7-10H2,1-3H3. The number of nitrogens with one attached hydrogen (secondary N) is 3. The number of likely N-dealkylation sites (N-methyl/N-ethyl adjacent to an activating group) is 2. The van der Waals surface area contributed by atoms with Crippen LogP contribution >= 0.6 is 0 Å². The zero-order valence-electron chi connectivity index (χ0n) is 17.4. The van der Waals surface area contributed by atoms with Crippen molar-refractivity contribution in [2.75, 3.05) is 34.2 Å². The number of aromatic amines is 2. The van der Waals surface area contributed by atoms with E-state index in [9.17, 15) is 14.7 Å². The summed E-state index contributed by atoms with van der Waals surface area (Å²) in [5.74, 6) is -0.802. The molecule has 0 saturated carbocycles. The molecule has 1 aliphatic rings. The SMILES string of the molecule is CNCCc1c(C2=CC(=O)C(=O)c3c(CCN(C)C)c[nH]c32)[nH]c2cccc(O)c12. The van der Waals surface area contributed by atoms with Crippen molar-refractivity contribution in [2.24, 2.45) is 0 Å². The predicted octanol–water partition coefficient (Wildman–Crippen LogP) is 2.26. The van der Waals surface area contributed by atoms with Crippen LogP contribution in [0, 0.1) is 0 Å². The first-order valence-electron chi connectivity index (χ1n) is 10.1. The highest BCUT2D eigenvalue weighted by Crippen LogP contribution is 2.38. The zero-order valence-corrected chi connectivity index (χ0v) is 17.4. The van der Waals surface area contributed by atoms with Crippen LogP contribution in [0.1, 0.15) is 32.9 Å². The number of carbonyl (C=O) groups excluding carboxylic acids is 2. The monoisotopic (exact) mass is 406 g/mol. The van der Waals surface area contributed by atoms with Crippen LogP contribution in [0.5, 0.6) is 5.75 Å². The molecule has 1 aromatic carbocycles. The summed E-state index contributed by atoms with van der Waals surface area (Å²) in [5.41, 5.74) is 5.09. The average Bonchev–Trinajstić information content (AvgIpc) is 3.30. The second-order valence-electron chi connectivity index (χ2n) is 7.90. The fraction of sp³-hybridized carbons (Fsp3) is 0.304. The Labute approximate surface area is 174 Å². The van der Waals surface area contributed by atoms with Gasteiger partial charge in [0.15, 0.2) is 0 Å². The van der Waals surface area contributed by atoms with E-state index in [1.165, 1.54) is 6.08 Å². The van der Waals surface area contributed by atoms with Gasteiger partial charge in [0.2, 0.25) is 11.6 Å². The Morgan fingerprint density at radius 1 is 1.13 bits per heavy atom. The molecule has 4 N–H and O–H groups in total. The highest BCUT2D eigenvalue weighted by atomic mass is 16.3. The number of phenolic OH excluding ortho intramolecular Hbond substituents is 1. The number of nitrogens with zero attached hydrogens (tertiary/aromatic N) is 1. The Morgan fingerprint density at radius 2 is 1.93 bits per heavy atom. The minimum absolute atomic E-state index is 0.193. The summed E-state index contributed by atoms with van der Waals surface area (Å²) in [6.45, 7) is 1.48. The maximum absolute atomic E-state index is 12.7. The average molecular weight is 406 g/mol. The molecule has 0 spiro atoms. The number of hydrogen-bond acceptors (Lipinski definition) is 5. The topological polar surface area (TPSA) is 101 Å². The molecule has 7 nitrogen and oxygen atoms in total. The molecular formula is C23H26N4O3. The van der Waals surface area contributed by atoms with Crippen molar-refractivity contribution >= 4 is 28.0 Å². The highest BCUT2D eigenvalue weighted by Gasteiger charge is 2.32. The molecule has 0 fully saturated rings. The Balaban J connectivity index is 1.88. The van der Waals surface area contributed by atoms with Gasteiger partial charge in [-0.15, -0.1) is 0 Å².